The van der Waals surface area contributed by atoms with Gasteiger partial charge in [-0.3, -0.25) is 4.99 Å². The molecular weight excluding hydrogens is 324 g/mol. The number of aromatic hydroxyl groups is 1. The third-order valence-electron chi connectivity index (χ3n) is 4.48. The first kappa shape index (κ1) is 18.0. The molecule has 0 saturated carbocycles. The number of aliphatic imine (C=N–C) groups is 1. The summed E-state index contributed by atoms with van der Waals surface area (Å²) in [7, 11) is 4.13. The van der Waals surface area contributed by atoms with Crippen molar-refractivity contribution in [1.82, 2.24) is 9.88 Å². The third kappa shape index (κ3) is 3.89. The van der Waals surface area contributed by atoms with Gasteiger partial charge in [0.1, 0.15) is 0 Å². The van der Waals surface area contributed by atoms with Gasteiger partial charge in [0.25, 0.3) is 0 Å². The van der Waals surface area contributed by atoms with E-state index in [4.69, 9.17) is 0 Å². The van der Waals surface area contributed by atoms with Crippen LogP contribution in [0, 0.1) is 13.8 Å². The number of aryl methyl sites for hydroxylation is 2. The third-order valence-corrected chi connectivity index (χ3v) is 4.48. The number of rotatable bonds is 6. The van der Waals surface area contributed by atoms with Crippen LogP contribution in [-0.2, 0) is 0 Å². The lowest BCUT2D eigenvalue weighted by Crippen LogP contribution is -2.20. The van der Waals surface area contributed by atoms with Crippen LogP contribution in [0.15, 0.2) is 41.4 Å². The van der Waals surface area contributed by atoms with Crippen molar-refractivity contribution in [3.63, 3.8) is 0 Å². The Morgan fingerprint density at radius 2 is 1.96 bits per heavy atom. The van der Waals surface area contributed by atoms with Crippen LogP contribution in [0.2, 0.25) is 0 Å². The van der Waals surface area contributed by atoms with Crippen molar-refractivity contribution < 1.29 is 5.11 Å². The molecule has 0 bridgehead atoms. The monoisotopic (exact) mass is 350 g/mol. The number of nitrogens with zero attached hydrogens (tertiary/aromatic N) is 2. The van der Waals surface area contributed by atoms with Gasteiger partial charge in [-0.1, -0.05) is 12.1 Å². The van der Waals surface area contributed by atoms with Crippen molar-refractivity contribution >= 4 is 28.5 Å². The summed E-state index contributed by atoms with van der Waals surface area (Å²) in [5.41, 5.74) is 5.89. The van der Waals surface area contributed by atoms with E-state index in [0.29, 0.717) is 0 Å². The van der Waals surface area contributed by atoms with Crippen LogP contribution in [0.5, 0.6) is 5.88 Å². The first-order valence-corrected chi connectivity index (χ1v) is 8.79. The molecular formula is C21H26N4O. The lowest BCUT2D eigenvalue weighted by atomic mass is 10.1. The highest BCUT2D eigenvalue weighted by molar-refractivity contribution is 6.04. The molecule has 0 amide bonds. The maximum absolute atomic E-state index is 10.2. The molecule has 0 aliphatic heterocycles. The highest BCUT2D eigenvalue weighted by atomic mass is 16.3. The Bertz CT molecular complexity index is 941. The molecule has 0 fully saturated rings. The van der Waals surface area contributed by atoms with Crippen LogP contribution < -0.4 is 5.32 Å². The summed E-state index contributed by atoms with van der Waals surface area (Å²) in [4.78, 5) is 9.73. The van der Waals surface area contributed by atoms with Crippen molar-refractivity contribution in [3.05, 3.63) is 53.1 Å². The largest absolute Gasteiger partial charge is 0.494 e. The predicted molar refractivity (Wildman–Crippen MR) is 110 cm³/mol. The van der Waals surface area contributed by atoms with Crippen LogP contribution in [0.3, 0.4) is 0 Å². The summed E-state index contributed by atoms with van der Waals surface area (Å²) < 4.78 is 0. The molecule has 1 aromatic heterocycles. The number of fused-ring (bicyclic) bond motifs is 1. The van der Waals surface area contributed by atoms with Gasteiger partial charge in [0.05, 0.1) is 11.3 Å². The van der Waals surface area contributed by atoms with Gasteiger partial charge in [-0.25, -0.2) is 0 Å². The number of aromatic amines is 1. The van der Waals surface area contributed by atoms with E-state index in [0.717, 1.165) is 52.1 Å². The zero-order valence-electron chi connectivity index (χ0n) is 15.8. The van der Waals surface area contributed by atoms with E-state index in [2.05, 4.69) is 47.3 Å². The van der Waals surface area contributed by atoms with Crippen LogP contribution in [0.1, 0.15) is 16.7 Å². The average molecular weight is 350 g/mol. The van der Waals surface area contributed by atoms with Crippen LogP contribution >= 0.6 is 0 Å². The number of anilines is 1. The second-order valence-corrected chi connectivity index (χ2v) is 6.87. The fourth-order valence-electron chi connectivity index (χ4n) is 3.05. The molecule has 0 saturated heterocycles. The van der Waals surface area contributed by atoms with E-state index >= 15 is 0 Å². The average Bonchev–Trinajstić information content (AvgIpc) is 2.91. The number of benzene rings is 2. The summed E-state index contributed by atoms with van der Waals surface area (Å²) in [6.45, 7) is 5.99. The molecule has 2 aromatic carbocycles. The zero-order valence-corrected chi connectivity index (χ0v) is 15.8. The van der Waals surface area contributed by atoms with Gasteiger partial charge < -0.3 is 20.3 Å². The lowest BCUT2D eigenvalue weighted by molar-refractivity contribution is 0.425. The first-order valence-electron chi connectivity index (χ1n) is 8.79. The molecule has 5 nitrogen and oxygen atoms in total. The van der Waals surface area contributed by atoms with Gasteiger partial charge in [-0.2, -0.15) is 0 Å². The van der Waals surface area contributed by atoms with Crippen molar-refractivity contribution in [2.75, 3.05) is 32.5 Å². The van der Waals surface area contributed by atoms with Crippen LogP contribution in [0.25, 0.3) is 10.9 Å². The van der Waals surface area contributed by atoms with E-state index < -0.39 is 0 Å². The van der Waals surface area contributed by atoms with Crippen LogP contribution in [-0.4, -0.2) is 48.4 Å². The normalized spacial score (nSPS) is 11.7. The van der Waals surface area contributed by atoms with Gasteiger partial charge in [0, 0.05) is 35.9 Å². The fraction of sp³-hybridized carbons (Fsp3) is 0.286. The summed E-state index contributed by atoms with van der Waals surface area (Å²) in [5, 5.41) is 14.7. The molecule has 1 heterocycles. The Balaban J connectivity index is 1.81. The molecule has 26 heavy (non-hydrogen) atoms. The van der Waals surface area contributed by atoms with Crippen LogP contribution in [0.4, 0.5) is 11.4 Å². The zero-order chi connectivity index (χ0) is 18.7. The highest BCUT2D eigenvalue weighted by Gasteiger charge is 2.10. The minimum absolute atomic E-state index is 0.150. The Hall–Kier alpha value is -2.79. The van der Waals surface area contributed by atoms with Crippen molar-refractivity contribution in [3.8, 4) is 5.88 Å². The van der Waals surface area contributed by atoms with Crippen molar-refractivity contribution in [1.29, 1.82) is 0 Å². The maximum atomic E-state index is 10.2. The van der Waals surface area contributed by atoms with Crippen molar-refractivity contribution in [2.24, 2.45) is 4.99 Å². The Labute approximate surface area is 154 Å². The van der Waals surface area contributed by atoms with Gasteiger partial charge in [-0.15, -0.1) is 0 Å². The Morgan fingerprint density at radius 3 is 2.69 bits per heavy atom. The standard InChI is InChI=1S/C21H26N4O/c1-14-6-5-7-19-20(14)17(21(26)24-19)13-23-16-8-9-18(15(2)12-16)22-10-11-25(3)4/h5-9,12-13,22,24,26H,10-11H2,1-4H3. The SMILES string of the molecule is Cc1cc(N=Cc2c(O)[nH]c3cccc(C)c23)ccc1NCCN(C)C. The topological polar surface area (TPSA) is 63.7 Å². The molecule has 3 N–H and O–H groups in total. The summed E-state index contributed by atoms with van der Waals surface area (Å²) >= 11 is 0. The Kier molecular flexibility index (Phi) is 5.28. The molecule has 0 atom stereocenters. The summed E-state index contributed by atoms with van der Waals surface area (Å²) in [6, 6.07) is 12.1. The molecule has 0 aliphatic rings. The van der Waals surface area contributed by atoms with E-state index in [-0.39, 0.29) is 5.88 Å². The van der Waals surface area contributed by atoms with E-state index in [1.54, 1.807) is 6.21 Å². The molecule has 0 spiro atoms. The van der Waals surface area contributed by atoms with Gasteiger partial charge >= 0.3 is 0 Å². The molecule has 0 radical (unpaired) electrons. The fourth-order valence-corrected chi connectivity index (χ4v) is 3.05. The van der Waals surface area contributed by atoms with Gasteiger partial charge in [0.2, 0.25) is 0 Å². The van der Waals surface area contributed by atoms with Gasteiger partial charge in [-0.05, 0) is 63.3 Å². The molecule has 0 aliphatic carbocycles. The van der Waals surface area contributed by atoms with E-state index in [1.165, 1.54) is 0 Å². The number of likely N-dealkylation sites (N-methyl/N-ethyl adjacent to an activating group) is 1. The lowest BCUT2D eigenvalue weighted by Gasteiger charge is -2.13. The number of H-pyrrole nitrogens is 1. The second kappa shape index (κ2) is 7.62. The molecule has 136 valence electrons. The Morgan fingerprint density at radius 1 is 1.15 bits per heavy atom. The summed E-state index contributed by atoms with van der Waals surface area (Å²) in [5.74, 6) is 0.150. The smallest absolute Gasteiger partial charge is 0.198 e. The minimum atomic E-state index is 0.150. The number of aromatic nitrogens is 1. The first-order chi connectivity index (χ1) is 12.5. The minimum Gasteiger partial charge on any atom is -0.494 e. The summed E-state index contributed by atoms with van der Waals surface area (Å²) in [6.07, 6.45) is 1.73. The number of hydrogen-bond acceptors (Lipinski definition) is 4. The number of nitrogens with one attached hydrogen (secondary N) is 2. The molecule has 5 heteroatoms. The molecule has 0 unspecified atom stereocenters. The number of hydrogen-bond donors (Lipinski definition) is 3. The maximum Gasteiger partial charge on any atom is 0.198 e. The van der Waals surface area contributed by atoms with Crippen molar-refractivity contribution in [2.45, 2.75) is 13.8 Å². The molecule has 3 rings (SSSR count). The highest BCUT2D eigenvalue weighted by Crippen LogP contribution is 2.29. The van der Waals surface area contributed by atoms with E-state index in [1.807, 2.05) is 37.3 Å². The van der Waals surface area contributed by atoms with E-state index in [9.17, 15) is 5.11 Å². The molecule has 3 aromatic rings. The quantitative estimate of drug-likeness (QED) is 0.583. The second-order valence-electron chi connectivity index (χ2n) is 6.87. The predicted octanol–water partition coefficient (Wildman–Crippen LogP) is 4.21. The van der Waals surface area contributed by atoms with Gasteiger partial charge in [0.15, 0.2) is 5.88 Å².